The predicted octanol–water partition coefficient (Wildman–Crippen LogP) is 3.04. The average Bonchev–Trinajstić information content (AvgIpc) is 3.13. The van der Waals surface area contributed by atoms with Gasteiger partial charge in [-0.25, -0.2) is 0 Å². The van der Waals surface area contributed by atoms with Gasteiger partial charge in [-0.15, -0.1) is 11.3 Å². The molecule has 0 saturated carbocycles. The van der Waals surface area contributed by atoms with Crippen LogP contribution in [0.5, 0.6) is 0 Å². The minimum absolute atomic E-state index is 0.275. The monoisotopic (exact) mass is 306 g/mol. The molecule has 2 atom stereocenters. The van der Waals surface area contributed by atoms with E-state index < -0.39 is 0 Å². The lowest BCUT2D eigenvalue weighted by Gasteiger charge is -2.14. The fourth-order valence-corrected chi connectivity index (χ4v) is 4.01. The van der Waals surface area contributed by atoms with Crippen LogP contribution in [0.3, 0.4) is 0 Å². The molecule has 0 spiro atoms. The Labute approximate surface area is 129 Å². The molecule has 114 valence electrons. The van der Waals surface area contributed by atoms with E-state index in [0.717, 1.165) is 37.5 Å². The van der Waals surface area contributed by atoms with Crippen LogP contribution >= 0.6 is 11.3 Å². The largest absolute Gasteiger partial charge is 0.380 e. The van der Waals surface area contributed by atoms with Gasteiger partial charge in [0.05, 0.1) is 11.8 Å². The van der Waals surface area contributed by atoms with Crippen molar-refractivity contribution < 1.29 is 9.26 Å². The second-order valence-electron chi connectivity index (χ2n) is 5.88. The molecule has 2 aromatic rings. The molecule has 0 amide bonds. The molecule has 0 unspecified atom stereocenters. The lowest BCUT2D eigenvalue weighted by molar-refractivity contribution is 0.0762. The lowest BCUT2D eigenvalue weighted by atomic mass is 10.0. The van der Waals surface area contributed by atoms with Crippen molar-refractivity contribution in [3.63, 3.8) is 0 Å². The molecule has 4 nitrogen and oxygen atoms in total. The summed E-state index contributed by atoms with van der Waals surface area (Å²) in [6, 6.07) is 6.45. The highest BCUT2D eigenvalue weighted by molar-refractivity contribution is 7.11. The zero-order chi connectivity index (χ0) is 14.8. The molecule has 0 radical (unpaired) electrons. The first-order chi connectivity index (χ1) is 10.1. The highest BCUT2D eigenvalue weighted by Gasteiger charge is 2.33. The van der Waals surface area contributed by atoms with Gasteiger partial charge in [-0.05, 0) is 26.0 Å². The number of hydrogen-bond acceptors (Lipinski definition) is 5. The van der Waals surface area contributed by atoms with Gasteiger partial charge in [-0.1, -0.05) is 5.16 Å². The SMILES string of the molecule is CO[C@H]1CN(Cc2ccc(C)s2)C[C@H]1Cc1cc(C)no1. The second kappa shape index (κ2) is 6.30. The molecule has 1 aliphatic heterocycles. The standard InChI is InChI=1S/C16H22N2O2S/c1-11-6-14(20-17-11)7-13-8-18(10-16(13)19-3)9-15-5-4-12(2)21-15/h4-6,13,16H,7-10H2,1-3H3/t13-,16+/m1/s1. The van der Waals surface area contributed by atoms with Crippen molar-refractivity contribution in [2.75, 3.05) is 20.2 Å². The minimum atomic E-state index is 0.275. The van der Waals surface area contributed by atoms with Gasteiger partial charge in [0.1, 0.15) is 5.76 Å². The maximum atomic E-state index is 5.68. The highest BCUT2D eigenvalue weighted by Crippen LogP contribution is 2.26. The summed E-state index contributed by atoms with van der Waals surface area (Å²) < 4.78 is 11.0. The Hall–Kier alpha value is -1.17. The number of hydrogen-bond donors (Lipinski definition) is 0. The van der Waals surface area contributed by atoms with Crippen LogP contribution in [0.25, 0.3) is 0 Å². The number of aryl methyl sites for hydroxylation is 2. The number of ether oxygens (including phenoxy) is 1. The Morgan fingerprint density at radius 2 is 2.24 bits per heavy atom. The van der Waals surface area contributed by atoms with Gasteiger partial charge >= 0.3 is 0 Å². The molecule has 21 heavy (non-hydrogen) atoms. The third-order valence-corrected chi connectivity index (χ3v) is 5.06. The van der Waals surface area contributed by atoms with E-state index in [1.807, 2.05) is 31.4 Å². The molecule has 0 aromatic carbocycles. The summed E-state index contributed by atoms with van der Waals surface area (Å²) in [6.45, 7) is 7.18. The van der Waals surface area contributed by atoms with Crippen LogP contribution in [0.15, 0.2) is 22.7 Å². The van der Waals surface area contributed by atoms with Gasteiger partial charge in [-0.3, -0.25) is 4.90 Å². The molecular formula is C16H22N2O2S. The third-order valence-electron chi connectivity index (χ3n) is 4.07. The van der Waals surface area contributed by atoms with E-state index in [4.69, 9.17) is 9.26 Å². The topological polar surface area (TPSA) is 38.5 Å². The maximum absolute atomic E-state index is 5.68. The summed E-state index contributed by atoms with van der Waals surface area (Å²) in [5.74, 6) is 1.44. The molecule has 5 heteroatoms. The van der Waals surface area contributed by atoms with Gasteiger partial charge < -0.3 is 9.26 Å². The molecule has 0 aliphatic carbocycles. The van der Waals surface area contributed by atoms with Crippen molar-refractivity contribution in [3.8, 4) is 0 Å². The van der Waals surface area contributed by atoms with Gasteiger partial charge in [0.25, 0.3) is 0 Å². The van der Waals surface area contributed by atoms with Crippen LogP contribution in [0.2, 0.25) is 0 Å². The Morgan fingerprint density at radius 1 is 1.38 bits per heavy atom. The van der Waals surface area contributed by atoms with E-state index in [1.165, 1.54) is 9.75 Å². The van der Waals surface area contributed by atoms with Crippen molar-refractivity contribution in [3.05, 3.63) is 39.4 Å². The van der Waals surface area contributed by atoms with E-state index in [9.17, 15) is 0 Å². The molecule has 1 fully saturated rings. The smallest absolute Gasteiger partial charge is 0.137 e. The van der Waals surface area contributed by atoms with Crippen LogP contribution in [-0.4, -0.2) is 36.4 Å². The van der Waals surface area contributed by atoms with Crippen LogP contribution in [-0.2, 0) is 17.7 Å². The van der Waals surface area contributed by atoms with Gasteiger partial charge in [0, 0.05) is 54.9 Å². The number of likely N-dealkylation sites (tertiary alicyclic amines) is 1. The summed E-state index contributed by atoms with van der Waals surface area (Å²) in [5.41, 5.74) is 0.947. The molecule has 3 rings (SSSR count). The molecule has 0 N–H and O–H groups in total. The number of rotatable bonds is 5. The third kappa shape index (κ3) is 3.54. The normalized spacial score (nSPS) is 23.0. The predicted molar refractivity (Wildman–Crippen MR) is 83.6 cm³/mol. The second-order valence-corrected chi connectivity index (χ2v) is 7.25. The molecule has 1 saturated heterocycles. The van der Waals surface area contributed by atoms with E-state index in [2.05, 4.69) is 29.1 Å². The minimum Gasteiger partial charge on any atom is -0.380 e. The molecular weight excluding hydrogens is 284 g/mol. The van der Waals surface area contributed by atoms with Gasteiger partial charge in [0.15, 0.2) is 0 Å². The highest BCUT2D eigenvalue weighted by atomic mass is 32.1. The Kier molecular flexibility index (Phi) is 4.42. The first-order valence-electron chi connectivity index (χ1n) is 7.36. The average molecular weight is 306 g/mol. The van der Waals surface area contributed by atoms with Crippen LogP contribution < -0.4 is 0 Å². The molecule has 2 aromatic heterocycles. The lowest BCUT2D eigenvalue weighted by Crippen LogP contribution is -2.23. The van der Waals surface area contributed by atoms with Crippen molar-refractivity contribution in [2.45, 2.75) is 32.9 Å². The Bertz CT molecular complexity index is 593. The number of methoxy groups -OCH3 is 1. The van der Waals surface area contributed by atoms with E-state index >= 15 is 0 Å². The molecule has 1 aliphatic rings. The molecule has 3 heterocycles. The van der Waals surface area contributed by atoms with E-state index in [1.54, 1.807) is 0 Å². The Morgan fingerprint density at radius 3 is 2.86 bits per heavy atom. The summed E-state index contributed by atoms with van der Waals surface area (Å²) in [5, 5.41) is 3.97. The summed E-state index contributed by atoms with van der Waals surface area (Å²) in [7, 11) is 1.81. The van der Waals surface area contributed by atoms with Crippen molar-refractivity contribution in [1.82, 2.24) is 10.1 Å². The van der Waals surface area contributed by atoms with E-state index in [0.29, 0.717) is 5.92 Å². The summed E-state index contributed by atoms with van der Waals surface area (Å²) in [4.78, 5) is 5.28. The summed E-state index contributed by atoms with van der Waals surface area (Å²) >= 11 is 1.88. The fourth-order valence-electron chi connectivity index (χ4n) is 3.08. The Balaban J connectivity index is 1.62. The first kappa shape index (κ1) is 14.8. The summed E-state index contributed by atoms with van der Waals surface area (Å²) in [6.07, 6.45) is 1.18. The van der Waals surface area contributed by atoms with Crippen LogP contribution in [0, 0.1) is 19.8 Å². The first-order valence-corrected chi connectivity index (χ1v) is 8.18. The zero-order valence-electron chi connectivity index (χ0n) is 12.8. The van der Waals surface area contributed by atoms with Crippen molar-refractivity contribution >= 4 is 11.3 Å². The number of thiophene rings is 1. The van der Waals surface area contributed by atoms with Crippen molar-refractivity contribution in [1.29, 1.82) is 0 Å². The zero-order valence-corrected chi connectivity index (χ0v) is 13.7. The number of nitrogens with zero attached hydrogens (tertiary/aromatic N) is 2. The fraction of sp³-hybridized carbons (Fsp3) is 0.562. The quantitative estimate of drug-likeness (QED) is 0.851. The van der Waals surface area contributed by atoms with Gasteiger partial charge in [0.2, 0.25) is 0 Å². The maximum Gasteiger partial charge on any atom is 0.137 e. The van der Waals surface area contributed by atoms with Crippen LogP contribution in [0.4, 0.5) is 0 Å². The van der Waals surface area contributed by atoms with E-state index in [-0.39, 0.29) is 6.10 Å². The number of aromatic nitrogens is 1. The van der Waals surface area contributed by atoms with Crippen LogP contribution in [0.1, 0.15) is 21.2 Å². The van der Waals surface area contributed by atoms with Gasteiger partial charge in [-0.2, -0.15) is 0 Å². The van der Waals surface area contributed by atoms with Crippen molar-refractivity contribution in [2.24, 2.45) is 5.92 Å². The molecule has 0 bridgehead atoms.